The molecule has 78 valence electrons. The molecule has 0 radical (unpaired) electrons. The zero-order chi connectivity index (χ0) is 10.7. The minimum absolute atomic E-state index is 0.0267. The van der Waals surface area contributed by atoms with E-state index in [0.29, 0.717) is 6.42 Å². The van der Waals surface area contributed by atoms with E-state index in [9.17, 15) is 9.59 Å². The Morgan fingerprint density at radius 3 is 2.60 bits per heavy atom. The number of Topliss-reactive ketones (excluding diaryl/α,β-unsaturated/α-hetero) is 1. The first-order chi connectivity index (χ1) is 7.24. The molecule has 1 aliphatic rings. The highest BCUT2D eigenvalue weighted by Gasteiger charge is 2.24. The topological polar surface area (TPSA) is 46.2 Å². The normalized spacial score (nSPS) is 21.2. The van der Waals surface area contributed by atoms with Crippen molar-refractivity contribution >= 4 is 11.7 Å². The molecule has 1 saturated heterocycles. The van der Waals surface area contributed by atoms with E-state index in [1.54, 1.807) is 0 Å². The van der Waals surface area contributed by atoms with Crippen molar-refractivity contribution in [3.63, 3.8) is 0 Å². The fourth-order valence-electron chi connectivity index (χ4n) is 1.88. The molecule has 1 aliphatic heterocycles. The van der Waals surface area contributed by atoms with Crippen molar-refractivity contribution in [2.75, 3.05) is 0 Å². The van der Waals surface area contributed by atoms with Gasteiger partial charge < -0.3 is 5.32 Å². The number of amides is 1. The molecule has 1 heterocycles. The summed E-state index contributed by atoms with van der Waals surface area (Å²) >= 11 is 0. The Bertz CT molecular complexity index is 356. The number of ketones is 1. The lowest BCUT2D eigenvalue weighted by Gasteiger charge is -2.22. The summed E-state index contributed by atoms with van der Waals surface area (Å²) in [6.45, 7) is 0. The van der Waals surface area contributed by atoms with E-state index in [0.717, 1.165) is 12.0 Å². The highest BCUT2D eigenvalue weighted by atomic mass is 16.2. The number of hydrogen-bond acceptors (Lipinski definition) is 2. The number of carbonyl (C=O) groups is 2. The van der Waals surface area contributed by atoms with Gasteiger partial charge in [0.25, 0.3) is 0 Å². The van der Waals surface area contributed by atoms with Gasteiger partial charge in [-0.2, -0.15) is 0 Å². The van der Waals surface area contributed by atoms with E-state index < -0.39 is 0 Å². The van der Waals surface area contributed by atoms with Crippen LogP contribution < -0.4 is 5.32 Å². The van der Waals surface area contributed by atoms with E-state index in [2.05, 4.69) is 5.32 Å². The molecular formula is C12H13NO2. The molecule has 1 N–H and O–H groups in total. The van der Waals surface area contributed by atoms with Gasteiger partial charge in [-0.05, 0) is 12.0 Å². The predicted molar refractivity (Wildman–Crippen MR) is 56.3 cm³/mol. The van der Waals surface area contributed by atoms with Crippen LogP contribution in [0.15, 0.2) is 30.3 Å². The number of carbonyl (C=O) groups excluding carboxylic acids is 2. The number of nitrogens with one attached hydrogen (secondary N) is 1. The third-order valence-corrected chi connectivity index (χ3v) is 2.52. The first-order valence-electron chi connectivity index (χ1n) is 5.09. The lowest BCUT2D eigenvalue weighted by atomic mass is 9.97. The van der Waals surface area contributed by atoms with Crippen LogP contribution in [0.4, 0.5) is 0 Å². The highest BCUT2D eigenvalue weighted by molar-refractivity contribution is 6.00. The summed E-state index contributed by atoms with van der Waals surface area (Å²) in [5.74, 6) is -0.105. The second-order valence-corrected chi connectivity index (χ2v) is 3.87. The molecule has 0 bridgehead atoms. The zero-order valence-corrected chi connectivity index (χ0v) is 8.40. The second kappa shape index (κ2) is 4.26. The Morgan fingerprint density at radius 1 is 1.20 bits per heavy atom. The van der Waals surface area contributed by atoms with Gasteiger partial charge in [0, 0.05) is 12.5 Å². The Kier molecular flexibility index (Phi) is 2.81. The van der Waals surface area contributed by atoms with Crippen molar-refractivity contribution in [1.82, 2.24) is 5.32 Å². The Hall–Kier alpha value is -1.64. The second-order valence-electron chi connectivity index (χ2n) is 3.87. The number of benzene rings is 1. The van der Waals surface area contributed by atoms with E-state index in [4.69, 9.17) is 0 Å². The van der Waals surface area contributed by atoms with Gasteiger partial charge in [0.2, 0.25) is 5.91 Å². The van der Waals surface area contributed by atoms with E-state index in [1.807, 2.05) is 30.3 Å². The number of rotatable bonds is 2. The molecule has 2 rings (SSSR count). The van der Waals surface area contributed by atoms with Crippen LogP contribution in [0.1, 0.15) is 18.4 Å². The fourth-order valence-corrected chi connectivity index (χ4v) is 1.88. The summed E-state index contributed by atoms with van der Waals surface area (Å²) in [6.07, 6.45) is 1.24. The average Bonchev–Trinajstić information content (AvgIpc) is 2.17. The van der Waals surface area contributed by atoms with Crippen molar-refractivity contribution in [3.05, 3.63) is 35.9 Å². The Labute approximate surface area is 88.5 Å². The monoisotopic (exact) mass is 203 g/mol. The molecular weight excluding hydrogens is 190 g/mol. The van der Waals surface area contributed by atoms with Gasteiger partial charge in [0.1, 0.15) is 5.78 Å². The Balaban J connectivity index is 2.00. The summed E-state index contributed by atoms with van der Waals surface area (Å²) in [7, 11) is 0. The molecule has 3 nitrogen and oxygen atoms in total. The van der Waals surface area contributed by atoms with Crippen molar-refractivity contribution < 1.29 is 9.59 Å². The molecule has 1 fully saturated rings. The minimum atomic E-state index is -0.146. The first kappa shape index (κ1) is 9.90. The smallest absolute Gasteiger partial charge is 0.227 e. The summed E-state index contributed by atoms with van der Waals surface area (Å²) in [6, 6.07) is 9.86. The molecule has 1 aromatic rings. The van der Waals surface area contributed by atoms with Crippen molar-refractivity contribution in [2.24, 2.45) is 0 Å². The van der Waals surface area contributed by atoms with Crippen LogP contribution in [0.5, 0.6) is 0 Å². The maximum atomic E-state index is 11.2. The van der Waals surface area contributed by atoms with Gasteiger partial charge >= 0.3 is 0 Å². The van der Waals surface area contributed by atoms with Crippen LogP contribution in [0, 0.1) is 0 Å². The predicted octanol–water partition coefficient (Wildman–Crippen LogP) is 1.08. The van der Waals surface area contributed by atoms with Crippen LogP contribution in [0.2, 0.25) is 0 Å². The van der Waals surface area contributed by atoms with Gasteiger partial charge in [-0.25, -0.2) is 0 Å². The Morgan fingerprint density at radius 2 is 1.93 bits per heavy atom. The SMILES string of the molecule is O=C1CC(=O)NC(Cc2ccccc2)C1. The summed E-state index contributed by atoms with van der Waals surface area (Å²) in [4.78, 5) is 22.4. The van der Waals surface area contributed by atoms with Gasteiger partial charge in [-0.15, -0.1) is 0 Å². The fraction of sp³-hybridized carbons (Fsp3) is 0.333. The first-order valence-corrected chi connectivity index (χ1v) is 5.09. The lowest BCUT2D eigenvalue weighted by Crippen LogP contribution is -2.43. The summed E-state index contributed by atoms with van der Waals surface area (Å²) in [5.41, 5.74) is 1.15. The number of piperidine rings is 1. The average molecular weight is 203 g/mol. The lowest BCUT2D eigenvalue weighted by molar-refractivity contribution is -0.131. The van der Waals surface area contributed by atoms with Crippen LogP contribution in [0.25, 0.3) is 0 Å². The van der Waals surface area contributed by atoms with Gasteiger partial charge in [-0.3, -0.25) is 9.59 Å². The van der Waals surface area contributed by atoms with Gasteiger partial charge in [0.05, 0.1) is 6.42 Å². The zero-order valence-electron chi connectivity index (χ0n) is 8.40. The van der Waals surface area contributed by atoms with Crippen LogP contribution in [0.3, 0.4) is 0 Å². The largest absolute Gasteiger partial charge is 0.352 e. The molecule has 0 saturated carbocycles. The van der Waals surface area contributed by atoms with Crippen molar-refractivity contribution in [2.45, 2.75) is 25.3 Å². The molecule has 1 unspecified atom stereocenters. The quantitative estimate of drug-likeness (QED) is 0.731. The van der Waals surface area contributed by atoms with Crippen LogP contribution in [-0.4, -0.2) is 17.7 Å². The minimum Gasteiger partial charge on any atom is -0.352 e. The standard InChI is InChI=1S/C12H13NO2/c14-11-7-10(13-12(15)8-11)6-9-4-2-1-3-5-9/h1-5,10H,6-8H2,(H,13,15). The molecule has 1 aromatic carbocycles. The van der Waals surface area contributed by atoms with E-state index in [-0.39, 0.29) is 24.2 Å². The molecule has 1 atom stereocenters. The van der Waals surface area contributed by atoms with Crippen molar-refractivity contribution in [3.8, 4) is 0 Å². The third-order valence-electron chi connectivity index (χ3n) is 2.52. The summed E-state index contributed by atoms with van der Waals surface area (Å²) < 4.78 is 0. The van der Waals surface area contributed by atoms with Gasteiger partial charge in [0.15, 0.2) is 0 Å². The van der Waals surface area contributed by atoms with Crippen LogP contribution in [-0.2, 0) is 16.0 Å². The molecule has 0 aliphatic carbocycles. The number of hydrogen-bond donors (Lipinski definition) is 1. The van der Waals surface area contributed by atoms with Gasteiger partial charge in [-0.1, -0.05) is 30.3 Å². The maximum Gasteiger partial charge on any atom is 0.227 e. The molecule has 1 amide bonds. The maximum absolute atomic E-state index is 11.2. The molecule has 15 heavy (non-hydrogen) atoms. The van der Waals surface area contributed by atoms with E-state index >= 15 is 0 Å². The highest BCUT2D eigenvalue weighted by Crippen LogP contribution is 2.10. The summed E-state index contributed by atoms with van der Waals surface area (Å²) in [5, 5.41) is 2.84. The molecule has 0 spiro atoms. The van der Waals surface area contributed by atoms with Crippen molar-refractivity contribution in [1.29, 1.82) is 0 Å². The third kappa shape index (κ3) is 2.65. The molecule has 3 heteroatoms. The van der Waals surface area contributed by atoms with E-state index in [1.165, 1.54) is 0 Å². The molecule has 0 aromatic heterocycles. The van der Waals surface area contributed by atoms with Crippen LogP contribution >= 0.6 is 0 Å².